The molecule has 0 bridgehead atoms. The number of aliphatic hydroxyl groups is 3. The van der Waals surface area contributed by atoms with E-state index in [0.717, 1.165) is 6.42 Å². The first-order chi connectivity index (χ1) is 15.3. The molecule has 6 nitrogen and oxygen atoms in total. The summed E-state index contributed by atoms with van der Waals surface area (Å²) in [6.45, 7) is 9.68. The molecule has 0 spiro atoms. The van der Waals surface area contributed by atoms with Crippen molar-refractivity contribution in [1.29, 1.82) is 0 Å². The Morgan fingerprint density at radius 1 is 1.03 bits per heavy atom. The molecule has 6 heteroatoms. The molecular weight excluding hydrogens is 420 g/mol. The number of aliphatic hydroxyl groups excluding tert-OH is 2. The van der Waals surface area contributed by atoms with Crippen LogP contribution in [0.3, 0.4) is 0 Å². The second-order valence-electron chi connectivity index (χ2n) is 12.2. The number of carbonyl (C=O) groups is 2. The van der Waals surface area contributed by atoms with Crippen molar-refractivity contribution in [3.8, 4) is 0 Å². The molecule has 33 heavy (non-hydrogen) atoms. The van der Waals surface area contributed by atoms with E-state index in [-0.39, 0.29) is 35.4 Å². The number of ether oxygens (including phenoxy) is 1. The van der Waals surface area contributed by atoms with Crippen LogP contribution < -0.4 is 0 Å². The molecule has 5 rings (SSSR count). The van der Waals surface area contributed by atoms with Crippen LogP contribution in [0.2, 0.25) is 0 Å². The van der Waals surface area contributed by atoms with Gasteiger partial charge in [0.1, 0.15) is 11.7 Å². The Morgan fingerprint density at radius 3 is 2.30 bits per heavy atom. The molecule has 0 amide bonds. The molecular formula is C27H36O6. The number of Topliss-reactive ketones (excluding diaryl/α,β-unsaturated/α-hetero) is 1. The zero-order valence-electron chi connectivity index (χ0n) is 20.1. The number of rotatable bonds is 2. The largest absolute Gasteiger partial charge is 0.458 e. The van der Waals surface area contributed by atoms with Crippen molar-refractivity contribution in [3.05, 3.63) is 35.9 Å². The number of hydrogen-bond acceptors (Lipinski definition) is 6. The van der Waals surface area contributed by atoms with Crippen LogP contribution in [0.4, 0.5) is 0 Å². The van der Waals surface area contributed by atoms with Gasteiger partial charge in [0.2, 0.25) is 0 Å². The highest BCUT2D eigenvalue weighted by Gasteiger charge is 2.80. The number of hydrogen-bond donors (Lipinski definition) is 3. The number of benzene rings is 1. The summed E-state index contributed by atoms with van der Waals surface area (Å²) < 4.78 is 5.88. The quantitative estimate of drug-likeness (QED) is 0.591. The first kappa shape index (κ1) is 23.0. The topological polar surface area (TPSA) is 104 Å². The number of fused-ring (bicyclic) bond motifs is 4. The fourth-order valence-corrected chi connectivity index (χ4v) is 8.33. The van der Waals surface area contributed by atoms with E-state index in [2.05, 4.69) is 0 Å². The maximum Gasteiger partial charge on any atom is 0.338 e. The van der Waals surface area contributed by atoms with Crippen molar-refractivity contribution >= 4 is 11.8 Å². The molecule has 10 atom stereocenters. The summed E-state index contributed by atoms with van der Waals surface area (Å²) in [6, 6.07) is 8.64. The molecule has 4 aliphatic carbocycles. The Hall–Kier alpha value is -1.76. The van der Waals surface area contributed by atoms with Gasteiger partial charge < -0.3 is 20.1 Å². The van der Waals surface area contributed by atoms with E-state index in [1.165, 1.54) is 0 Å². The van der Waals surface area contributed by atoms with Gasteiger partial charge in [0.25, 0.3) is 0 Å². The third kappa shape index (κ3) is 2.60. The maximum atomic E-state index is 14.2. The minimum Gasteiger partial charge on any atom is -0.458 e. The van der Waals surface area contributed by atoms with Gasteiger partial charge in [-0.3, -0.25) is 4.79 Å². The van der Waals surface area contributed by atoms with Gasteiger partial charge in [-0.05, 0) is 48.6 Å². The Morgan fingerprint density at radius 2 is 1.67 bits per heavy atom. The van der Waals surface area contributed by atoms with Crippen LogP contribution in [0.15, 0.2) is 30.3 Å². The molecule has 4 saturated carbocycles. The molecule has 0 unspecified atom stereocenters. The third-order valence-electron chi connectivity index (χ3n) is 10.5. The van der Waals surface area contributed by atoms with Crippen LogP contribution in [0.25, 0.3) is 0 Å². The minimum absolute atomic E-state index is 0.128. The number of ketones is 1. The van der Waals surface area contributed by atoms with Crippen molar-refractivity contribution in [3.63, 3.8) is 0 Å². The predicted octanol–water partition coefficient (Wildman–Crippen LogP) is 2.98. The van der Waals surface area contributed by atoms with Gasteiger partial charge in [-0.2, -0.15) is 0 Å². The zero-order chi connectivity index (χ0) is 24.1. The average molecular weight is 457 g/mol. The van der Waals surface area contributed by atoms with E-state index in [9.17, 15) is 24.9 Å². The molecule has 4 aliphatic rings. The lowest BCUT2D eigenvalue weighted by molar-refractivity contribution is -0.293. The van der Waals surface area contributed by atoms with E-state index < -0.39 is 46.6 Å². The highest BCUT2D eigenvalue weighted by atomic mass is 16.5. The van der Waals surface area contributed by atoms with E-state index in [1.54, 1.807) is 24.3 Å². The van der Waals surface area contributed by atoms with E-state index >= 15 is 0 Å². The molecule has 1 aromatic carbocycles. The van der Waals surface area contributed by atoms with Crippen LogP contribution in [-0.2, 0) is 9.53 Å². The van der Waals surface area contributed by atoms with Gasteiger partial charge >= 0.3 is 5.97 Å². The van der Waals surface area contributed by atoms with Crippen molar-refractivity contribution in [2.45, 2.75) is 77.8 Å². The van der Waals surface area contributed by atoms with Gasteiger partial charge in [-0.15, -0.1) is 0 Å². The second-order valence-corrected chi connectivity index (χ2v) is 12.2. The Labute approximate surface area is 195 Å². The van der Waals surface area contributed by atoms with E-state index in [1.807, 2.05) is 40.7 Å². The first-order valence-corrected chi connectivity index (χ1v) is 12.2. The van der Waals surface area contributed by atoms with Crippen molar-refractivity contribution in [2.24, 2.45) is 39.9 Å². The van der Waals surface area contributed by atoms with Crippen LogP contribution in [-0.4, -0.2) is 51.0 Å². The predicted molar refractivity (Wildman–Crippen MR) is 121 cm³/mol. The molecule has 0 aliphatic heterocycles. The smallest absolute Gasteiger partial charge is 0.338 e. The lowest BCUT2D eigenvalue weighted by Gasteiger charge is -2.72. The summed E-state index contributed by atoms with van der Waals surface area (Å²) >= 11 is 0. The minimum atomic E-state index is -1.80. The zero-order valence-corrected chi connectivity index (χ0v) is 20.1. The normalized spacial score (nSPS) is 49.9. The van der Waals surface area contributed by atoms with Crippen LogP contribution >= 0.6 is 0 Å². The van der Waals surface area contributed by atoms with Crippen molar-refractivity contribution in [2.75, 3.05) is 0 Å². The van der Waals surface area contributed by atoms with Crippen molar-refractivity contribution in [1.82, 2.24) is 0 Å². The summed E-state index contributed by atoms with van der Waals surface area (Å²) in [7, 11) is 0. The summed E-state index contributed by atoms with van der Waals surface area (Å²) in [5.41, 5.74) is -3.59. The fourth-order valence-electron chi connectivity index (χ4n) is 8.33. The second kappa shape index (κ2) is 6.89. The Balaban J connectivity index is 1.53. The van der Waals surface area contributed by atoms with Gasteiger partial charge in [-0.1, -0.05) is 52.8 Å². The first-order valence-electron chi connectivity index (χ1n) is 12.2. The maximum absolute atomic E-state index is 14.2. The molecule has 0 saturated heterocycles. The average Bonchev–Trinajstić information content (AvgIpc) is 3.04. The lowest BCUT2D eigenvalue weighted by atomic mass is 9.32. The summed E-state index contributed by atoms with van der Waals surface area (Å²) in [5, 5.41) is 34.7. The highest BCUT2D eigenvalue weighted by molar-refractivity contribution is 5.96. The fraction of sp³-hybridized carbons (Fsp3) is 0.704. The third-order valence-corrected chi connectivity index (χ3v) is 10.5. The van der Waals surface area contributed by atoms with Crippen LogP contribution in [0, 0.1) is 39.9 Å². The van der Waals surface area contributed by atoms with E-state index in [4.69, 9.17) is 4.74 Å². The molecule has 0 heterocycles. The molecule has 4 fully saturated rings. The van der Waals surface area contributed by atoms with Gasteiger partial charge in [-0.25, -0.2) is 4.79 Å². The monoisotopic (exact) mass is 456 g/mol. The SMILES string of the molecule is C[C@H]1C[C@]2(O)C(=O)[C@@]3(C)[C@@H]4[C@@H](O)C(C)(C)[C@H]4CC[C@@]3(C)[C@H](O)[C@H]2[C@H]1OC(=O)c1ccccc1. The summed E-state index contributed by atoms with van der Waals surface area (Å²) in [6.07, 6.45) is -0.935. The van der Waals surface area contributed by atoms with Crippen LogP contribution in [0.5, 0.6) is 0 Å². The molecule has 180 valence electrons. The van der Waals surface area contributed by atoms with E-state index in [0.29, 0.717) is 12.0 Å². The lowest BCUT2D eigenvalue weighted by Crippen LogP contribution is -2.78. The summed E-state index contributed by atoms with van der Waals surface area (Å²) in [4.78, 5) is 27.1. The molecule has 3 N–H and O–H groups in total. The van der Waals surface area contributed by atoms with Gasteiger partial charge in [0.15, 0.2) is 5.78 Å². The molecule has 0 aromatic heterocycles. The highest BCUT2D eigenvalue weighted by Crippen LogP contribution is 2.73. The Bertz CT molecular complexity index is 990. The molecule has 0 radical (unpaired) electrons. The number of carbonyl (C=O) groups excluding carboxylic acids is 2. The van der Waals surface area contributed by atoms with Gasteiger partial charge in [0.05, 0.1) is 23.7 Å². The summed E-state index contributed by atoms with van der Waals surface area (Å²) in [5.74, 6) is -2.16. The standard InChI is InChI=1S/C27H36O6/c1-14-13-27(32)18(19(14)33-22(30)15-9-7-6-8-10-15)21(29)25(4)12-11-16-17(20(28)24(16,2)3)26(25,5)23(27)31/h6-10,14,16-21,28-29,32H,11-13H2,1-5H3/t14-,16-,17-,18+,19-,20+,21+,25-,26+,27+/m0/s1. The van der Waals surface area contributed by atoms with Crippen molar-refractivity contribution < 1.29 is 29.6 Å². The Kier molecular flexibility index (Phi) is 4.81. The molecule has 1 aromatic rings. The van der Waals surface area contributed by atoms with Gasteiger partial charge in [0, 0.05) is 16.7 Å². The number of esters is 1. The van der Waals surface area contributed by atoms with Crippen LogP contribution in [0.1, 0.15) is 64.2 Å².